The van der Waals surface area contributed by atoms with Crippen LogP contribution in [0.25, 0.3) is 0 Å². The molecule has 1 rings (SSSR count). The van der Waals surface area contributed by atoms with Crippen LogP contribution in [0.3, 0.4) is 0 Å². The molecule has 0 radical (unpaired) electrons. The highest BCUT2D eigenvalue weighted by atomic mass is 32.1. The third-order valence-electron chi connectivity index (χ3n) is 2.87. The van der Waals surface area contributed by atoms with Crippen molar-refractivity contribution in [1.29, 1.82) is 0 Å². The molecule has 0 aliphatic carbocycles. The van der Waals surface area contributed by atoms with E-state index >= 15 is 0 Å². The lowest BCUT2D eigenvalue weighted by Crippen LogP contribution is -2.33. The van der Waals surface area contributed by atoms with E-state index in [1.165, 1.54) is 5.01 Å². The third kappa shape index (κ3) is 4.20. The van der Waals surface area contributed by atoms with Crippen LogP contribution in [0.2, 0.25) is 0 Å². The molecule has 1 atom stereocenters. The number of nitrogens with zero attached hydrogens (tertiary/aromatic N) is 2. The van der Waals surface area contributed by atoms with E-state index in [2.05, 4.69) is 36.0 Å². The van der Waals surface area contributed by atoms with Gasteiger partial charge in [0.25, 0.3) is 0 Å². The molecule has 0 bridgehead atoms. The van der Waals surface area contributed by atoms with Crippen LogP contribution >= 0.6 is 11.3 Å². The predicted molar refractivity (Wildman–Crippen MR) is 70.9 cm³/mol. The lowest BCUT2D eigenvalue weighted by atomic mass is 10.2. The van der Waals surface area contributed by atoms with Gasteiger partial charge in [-0.2, -0.15) is 0 Å². The molecule has 1 aromatic heterocycles. The first-order valence-electron chi connectivity index (χ1n) is 6.16. The van der Waals surface area contributed by atoms with Gasteiger partial charge in [0.15, 0.2) is 0 Å². The standard InChI is InChI=1S/C12H23N3S/c1-4-11(12-14-8-10-16-12)13-7-9-15(5-2)6-3/h8,10-11,13H,4-7,9H2,1-3H3. The second-order valence-electron chi connectivity index (χ2n) is 3.81. The molecule has 0 aliphatic rings. The normalized spacial score (nSPS) is 13.2. The topological polar surface area (TPSA) is 28.2 Å². The number of likely N-dealkylation sites (N-methyl/N-ethyl adjacent to an activating group) is 1. The van der Waals surface area contributed by atoms with Gasteiger partial charge in [-0.3, -0.25) is 0 Å². The Labute approximate surface area is 103 Å². The molecule has 0 fully saturated rings. The van der Waals surface area contributed by atoms with E-state index < -0.39 is 0 Å². The zero-order chi connectivity index (χ0) is 11.8. The quantitative estimate of drug-likeness (QED) is 0.758. The van der Waals surface area contributed by atoms with Crippen molar-refractivity contribution in [3.63, 3.8) is 0 Å². The molecule has 1 N–H and O–H groups in total. The summed E-state index contributed by atoms with van der Waals surface area (Å²) in [6.45, 7) is 11.0. The first kappa shape index (κ1) is 13.6. The van der Waals surface area contributed by atoms with Crippen molar-refractivity contribution < 1.29 is 0 Å². The van der Waals surface area contributed by atoms with Gasteiger partial charge >= 0.3 is 0 Å². The molecule has 1 unspecified atom stereocenters. The molecular weight excluding hydrogens is 218 g/mol. The Hall–Kier alpha value is -0.450. The van der Waals surface area contributed by atoms with Gasteiger partial charge in [-0.1, -0.05) is 20.8 Å². The van der Waals surface area contributed by atoms with E-state index in [4.69, 9.17) is 0 Å². The molecule has 92 valence electrons. The average molecular weight is 241 g/mol. The Morgan fingerprint density at radius 2 is 2.12 bits per heavy atom. The van der Waals surface area contributed by atoms with Crippen LogP contribution in [0.5, 0.6) is 0 Å². The number of aromatic nitrogens is 1. The lowest BCUT2D eigenvalue weighted by Gasteiger charge is -2.20. The van der Waals surface area contributed by atoms with Crippen LogP contribution < -0.4 is 5.32 Å². The van der Waals surface area contributed by atoms with Gasteiger partial charge in [0.2, 0.25) is 0 Å². The van der Waals surface area contributed by atoms with E-state index in [0.29, 0.717) is 6.04 Å². The average Bonchev–Trinajstić information content (AvgIpc) is 2.83. The SMILES string of the molecule is CCC(NCCN(CC)CC)c1nccs1. The number of thiazole rings is 1. The minimum absolute atomic E-state index is 0.426. The second-order valence-corrected chi connectivity index (χ2v) is 4.74. The van der Waals surface area contributed by atoms with Gasteiger partial charge in [0.05, 0.1) is 6.04 Å². The van der Waals surface area contributed by atoms with Crippen LogP contribution in [0.1, 0.15) is 38.2 Å². The van der Waals surface area contributed by atoms with Gasteiger partial charge in [-0.15, -0.1) is 11.3 Å². The van der Waals surface area contributed by atoms with E-state index in [0.717, 1.165) is 32.6 Å². The van der Waals surface area contributed by atoms with E-state index in [1.54, 1.807) is 11.3 Å². The Kier molecular flexibility index (Phi) is 6.61. The van der Waals surface area contributed by atoms with Crippen LogP contribution in [-0.2, 0) is 0 Å². The minimum atomic E-state index is 0.426. The maximum atomic E-state index is 4.37. The number of hydrogen-bond donors (Lipinski definition) is 1. The second kappa shape index (κ2) is 7.76. The molecule has 4 heteroatoms. The highest BCUT2D eigenvalue weighted by Gasteiger charge is 2.10. The Morgan fingerprint density at radius 1 is 1.38 bits per heavy atom. The van der Waals surface area contributed by atoms with Crippen molar-refractivity contribution in [3.8, 4) is 0 Å². The van der Waals surface area contributed by atoms with Crippen molar-refractivity contribution in [2.24, 2.45) is 0 Å². The molecule has 1 aromatic rings. The van der Waals surface area contributed by atoms with Gasteiger partial charge in [-0.25, -0.2) is 4.98 Å². The molecule has 0 spiro atoms. The number of hydrogen-bond acceptors (Lipinski definition) is 4. The summed E-state index contributed by atoms with van der Waals surface area (Å²) in [7, 11) is 0. The molecule has 1 heterocycles. The van der Waals surface area contributed by atoms with Crippen molar-refractivity contribution >= 4 is 11.3 Å². The van der Waals surface area contributed by atoms with Crippen LogP contribution in [0.4, 0.5) is 0 Å². The first-order chi connectivity index (χ1) is 7.81. The van der Waals surface area contributed by atoms with E-state index in [9.17, 15) is 0 Å². The summed E-state index contributed by atoms with van der Waals surface area (Å²) in [5.74, 6) is 0. The molecule has 16 heavy (non-hydrogen) atoms. The fourth-order valence-electron chi connectivity index (χ4n) is 1.75. The Balaban J connectivity index is 2.30. The summed E-state index contributed by atoms with van der Waals surface area (Å²) in [5.41, 5.74) is 0. The molecular formula is C12H23N3S. The van der Waals surface area contributed by atoms with Crippen LogP contribution in [-0.4, -0.2) is 36.1 Å². The summed E-state index contributed by atoms with van der Waals surface area (Å²) < 4.78 is 0. The number of nitrogens with one attached hydrogen (secondary N) is 1. The molecule has 0 saturated carbocycles. The highest BCUT2D eigenvalue weighted by molar-refractivity contribution is 7.09. The zero-order valence-electron chi connectivity index (χ0n) is 10.6. The van der Waals surface area contributed by atoms with Crippen molar-refractivity contribution in [2.45, 2.75) is 33.2 Å². The lowest BCUT2D eigenvalue weighted by molar-refractivity contribution is 0.295. The molecule has 3 nitrogen and oxygen atoms in total. The fourth-order valence-corrected chi connectivity index (χ4v) is 2.55. The molecule has 0 aliphatic heterocycles. The summed E-state index contributed by atoms with van der Waals surface area (Å²) in [5, 5.41) is 6.83. The smallest absolute Gasteiger partial charge is 0.109 e. The summed E-state index contributed by atoms with van der Waals surface area (Å²) in [4.78, 5) is 6.80. The number of rotatable bonds is 8. The third-order valence-corrected chi connectivity index (χ3v) is 3.76. The van der Waals surface area contributed by atoms with Crippen molar-refractivity contribution in [2.75, 3.05) is 26.2 Å². The molecule has 0 saturated heterocycles. The van der Waals surface area contributed by atoms with Crippen LogP contribution in [0, 0.1) is 0 Å². The summed E-state index contributed by atoms with van der Waals surface area (Å²) in [6, 6.07) is 0.426. The summed E-state index contributed by atoms with van der Waals surface area (Å²) >= 11 is 1.74. The molecule has 0 amide bonds. The van der Waals surface area contributed by atoms with Gasteiger partial charge in [-0.05, 0) is 19.5 Å². The minimum Gasteiger partial charge on any atom is -0.307 e. The monoisotopic (exact) mass is 241 g/mol. The van der Waals surface area contributed by atoms with Crippen LogP contribution in [0.15, 0.2) is 11.6 Å². The Bertz CT molecular complexity index is 257. The summed E-state index contributed by atoms with van der Waals surface area (Å²) in [6.07, 6.45) is 2.99. The molecule has 0 aromatic carbocycles. The largest absolute Gasteiger partial charge is 0.307 e. The maximum Gasteiger partial charge on any atom is 0.109 e. The maximum absolute atomic E-state index is 4.37. The van der Waals surface area contributed by atoms with Gasteiger partial charge in [0.1, 0.15) is 5.01 Å². The van der Waals surface area contributed by atoms with Crippen molar-refractivity contribution in [1.82, 2.24) is 15.2 Å². The van der Waals surface area contributed by atoms with Crippen molar-refractivity contribution in [3.05, 3.63) is 16.6 Å². The first-order valence-corrected chi connectivity index (χ1v) is 7.04. The van der Waals surface area contributed by atoms with E-state index in [-0.39, 0.29) is 0 Å². The Morgan fingerprint density at radius 3 is 2.62 bits per heavy atom. The highest BCUT2D eigenvalue weighted by Crippen LogP contribution is 2.18. The predicted octanol–water partition coefficient (Wildman–Crippen LogP) is 2.53. The zero-order valence-corrected chi connectivity index (χ0v) is 11.4. The van der Waals surface area contributed by atoms with Gasteiger partial charge in [0, 0.05) is 24.7 Å². The van der Waals surface area contributed by atoms with E-state index in [1.807, 2.05) is 11.6 Å². The van der Waals surface area contributed by atoms with Gasteiger partial charge < -0.3 is 10.2 Å². The fraction of sp³-hybridized carbons (Fsp3) is 0.750.